The first-order chi connectivity index (χ1) is 8.09. The Morgan fingerprint density at radius 3 is 2.39 bits per heavy atom. The Kier molecular flexibility index (Phi) is 3.02. The van der Waals surface area contributed by atoms with Crippen LogP contribution in [0.25, 0.3) is 0 Å². The number of piperidine rings is 1. The van der Waals surface area contributed by atoms with E-state index in [4.69, 9.17) is 9.69 Å². The summed E-state index contributed by atoms with van der Waals surface area (Å²) < 4.78 is 56.3. The first-order valence-electron chi connectivity index (χ1n) is 4.88. The fraction of sp³-hybridized carbons (Fsp3) is 0.833. The first-order valence-corrected chi connectivity index (χ1v) is 7.85. The summed E-state index contributed by atoms with van der Waals surface area (Å²) in [5.74, 6) is 0. The molecule has 3 N–H and O–H groups in total. The minimum Gasteiger partial charge on any atom is -0.302 e. The van der Waals surface area contributed by atoms with E-state index in [-0.39, 0.29) is 19.4 Å². The topological polar surface area (TPSA) is 147 Å². The van der Waals surface area contributed by atoms with Gasteiger partial charge in [-0.2, -0.15) is 13.5 Å². The van der Waals surface area contributed by atoms with Crippen LogP contribution in [0.4, 0.5) is 4.79 Å². The highest BCUT2D eigenvalue weighted by Crippen LogP contribution is 2.31. The summed E-state index contributed by atoms with van der Waals surface area (Å²) in [6.07, 6.45) is 0.291. The molecule has 2 bridgehead atoms. The third-order valence-corrected chi connectivity index (χ3v) is 4.42. The molecule has 0 radical (unpaired) electrons. The molecule has 0 saturated carbocycles. The van der Waals surface area contributed by atoms with Gasteiger partial charge in [-0.1, -0.05) is 0 Å². The maximum atomic E-state index is 11.8. The van der Waals surface area contributed by atoms with Crippen LogP contribution < -0.4 is 5.14 Å². The lowest BCUT2D eigenvalue weighted by molar-refractivity contribution is -0.0316. The number of carbonyl (C=O) groups is 1. The monoisotopic (exact) mass is 301 g/mol. The number of hydrogen-bond acceptors (Lipinski definition) is 6. The molecule has 0 aliphatic carbocycles. The third kappa shape index (κ3) is 2.42. The van der Waals surface area contributed by atoms with Gasteiger partial charge in [0.1, 0.15) is 5.37 Å². The summed E-state index contributed by atoms with van der Waals surface area (Å²) in [5.41, 5.74) is 0. The lowest BCUT2D eigenvalue weighted by atomic mass is 10.1. The average Bonchev–Trinajstić information content (AvgIpc) is 2.40. The predicted octanol–water partition coefficient (Wildman–Crippen LogP) is -1.76. The van der Waals surface area contributed by atoms with Crippen LogP contribution in [-0.2, 0) is 24.7 Å². The van der Waals surface area contributed by atoms with E-state index in [2.05, 4.69) is 4.28 Å². The maximum Gasteiger partial charge on any atom is 0.418 e. The van der Waals surface area contributed by atoms with Gasteiger partial charge in [0.15, 0.2) is 0 Å². The number of nitrogens with two attached hydrogens (primary N) is 1. The Hall–Kier alpha value is -0.950. The largest absolute Gasteiger partial charge is 0.418 e. The van der Waals surface area contributed by atoms with Gasteiger partial charge in [-0.15, -0.1) is 4.28 Å². The van der Waals surface area contributed by atoms with E-state index in [1.54, 1.807) is 0 Å². The van der Waals surface area contributed by atoms with E-state index in [9.17, 15) is 21.6 Å². The number of amides is 2. The molecule has 2 aliphatic rings. The molecule has 2 fully saturated rings. The normalized spacial score (nSPS) is 28.9. The molecule has 2 heterocycles. The van der Waals surface area contributed by atoms with Crippen LogP contribution >= 0.6 is 0 Å². The van der Waals surface area contributed by atoms with Crippen molar-refractivity contribution in [2.75, 3.05) is 6.54 Å². The van der Waals surface area contributed by atoms with Gasteiger partial charge in [0, 0.05) is 6.54 Å². The van der Waals surface area contributed by atoms with E-state index >= 15 is 0 Å². The quantitative estimate of drug-likeness (QED) is 0.586. The molecular weight excluding hydrogens is 290 g/mol. The number of primary sulfonamides is 1. The lowest BCUT2D eigenvalue weighted by Gasteiger charge is -2.28. The van der Waals surface area contributed by atoms with Gasteiger partial charge < -0.3 is 4.90 Å². The Labute approximate surface area is 103 Å². The molecule has 2 rings (SSSR count). The molecule has 104 valence electrons. The van der Waals surface area contributed by atoms with Crippen molar-refractivity contribution in [1.82, 2.24) is 9.96 Å². The van der Waals surface area contributed by atoms with Gasteiger partial charge in [0.2, 0.25) is 10.0 Å². The van der Waals surface area contributed by atoms with Gasteiger partial charge in [-0.05, 0) is 12.8 Å². The molecule has 0 aromatic carbocycles. The number of carbonyl (C=O) groups excluding carboxylic acids is 1. The predicted molar refractivity (Wildman–Crippen MR) is 56.5 cm³/mol. The van der Waals surface area contributed by atoms with Gasteiger partial charge in [0.05, 0.1) is 6.04 Å². The van der Waals surface area contributed by atoms with Crippen LogP contribution in [-0.4, -0.2) is 55.3 Å². The SMILES string of the molecule is NS(=O)(=O)C1CC[C@@H]2CN1C(=O)N2OS(=O)(=O)O. The van der Waals surface area contributed by atoms with Crippen molar-refractivity contribution in [3.8, 4) is 0 Å². The summed E-state index contributed by atoms with van der Waals surface area (Å²) >= 11 is 0. The van der Waals surface area contributed by atoms with Crippen LogP contribution in [0.5, 0.6) is 0 Å². The second kappa shape index (κ2) is 4.03. The molecule has 2 atom stereocenters. The van der Waals surface area contributed by atoms with Crippen molar-refractivity contribution in [2.45, 2.75) is 24.3 Å². The molecule has 0 aromatic rings. The zero-order chi connectivity index (χ0) is 13.7. The van der Waals surface area contributed by atoms with E-state index in [0.29, 0.717) is 5.06 Å². The van der Waals surface area contributed by atoms with Crippen LogP contribution in [0.3, 0.4) is 0 Å². The minimum atomic E-state index is -4.83. The molecule has 2 saturated heterocycles. The Balaban J connectivity index is 2.26. The standard InChI is InChI=1S/C6H11N3O7S2/c7-17(11,12)5-2-1-4-3-8(5)6(10)9(4)16-18(13,14)15/h4-5H,1-3H2,(H2,7,11,12)(H,13,14,15)/t4-,5?/m1/s1. The highest BCUT2D eigenvalue weighted by molar-refractivity contribution is 7.89. The average molecular weight is 301 g/mol. The highest BCUT2D eigenvalue weighted by Gasteiger charge is 2.50. The maximum absolute atomic E-state index is 11.8. The van der Waals surface area contributed by atoms with Gasteiger partial charge >= 0.3 is 16.4 Å². The fourth-order valence-electron chi connectivity index (χ4n) is 2.14. The number of hydrogen-bond donors (Lipinski definition) is 2. The highest BCUT2D eigenvalue weighted by atomic mass is 32.3. The number of fused-ring (bicyclic) bond motifs is 2. The fourth-order valence-corrected chi connectivity index (χ4v) is 3.52. The Bertz CT molecular complexity index is 566. The second-order valence-corrected chi connectivity index (χ2v) is 6.76. The summed E-state index contributed by atoms with van der Waals surface area (Å²) in [6.45, 7) is -0.0184. The molecule has 18 heavy (non-hydrogen) atoms. The number of sulfonamides is 1. The van der Waals surface area contributed by atoms with Crippen LogP contribution in [0.2, 0.25) is 0 Å². The zero-order valence-corrected chi connectivity index (χ0v) is 10.6. The molecule has 1 unspecified atom stereocenters. The van der Waals surface area contributed by atoms with Gasteiger partial charge in [-0.25, -0.2) is 18.4 Å². The van der Waals surface area contributed by atoms with E-state index in [1.165, 1.54) is 0 Å². The van der Waals surface area contributed by atoms with Crippen molar-refractivity contribution >= 4 is 26.5 Å². The summed E-state index contributed by atoms with van der Waals surface area (Å²) in [6, 6.07) is -1.58. The van der Waals surface area contributed by atoms with Crippen LogP contribution in [0.15, 0.2) is 0 Å². The first kappa shape index (κ1) is 13.5. The summed E-state index contributed by atoms with van der Waals surface area (Å²) in [7, 11) is -8.78. The Morgan fingerprint density at radius 2 is 1.89 bits per heavy atom. The number of rotatable bonds is 3. The van der Waals surface area contributed by atoms with E-state index in [1.807, 2.05) is 0 Å². The smallest absolute Gasteiger partial charge is 0.302 e. The van der Waals surface area contributed by atoms with Gasteiger partial charge in [0.25, 0.3) is 0 Å². The van der Waals surface area contributed by atoms with Crippen molar-refractivity contribution < 1.29 is 30.5 Å². The number of nitrogens with zero attached hydrogens (tertiary/aromatic N) is 2. The van der Waals surface area contributed by atoms with E-state index < -0.39 is 37.9 Å². The molecule has 2 aliphatic heterocycles. The lowest BCUT2D eigenvalue weighted by Crippen LogP contribution is -2.47. The number of urea groups is 1. The zero-order valence-electron chi connectivity index (χ0n) is 8.96. The summed E-state index contributed by atoms with van der Waals surface area (Å²) in [4.78, 5) is 12.7. The Morgan fingerprint density at radius 1 is 1.28 bits per heavy atom. The molecule has 12 heteroatoms. The van der Waals surface area contributed by atoms with Crippen molar-refractivity contribution in [1.29, 1.82) is 0 Å². The molecule has 0 spiro atoms. The van der Waals surface area contributed by atoms with E-state index in [0.717, 1.165) is 4.90 Å². The molecule has 2 amide bonds. The second-order valence-electron chi connectivity index (χ2n) is 4.04. The van der Waals surface area contributed by atoms with Gasteiger partial charge in [-0.3, -0.25) is 4.55 Å². The third-order valence-electron chi connectivity index (χ3n) is 2.82. The molecule has 10 nitrogen and oxygen atoms in total. The van der Waals surface area contributed by atoms with Crippen molar-refractivity contribution in [2.24, 2.45) is 5.14 Å². The number of hydroxylamine groups is 2. The summed E-state index contributed by atoms with van der Waals surface area (Å²) in [5, 5.41) is 4.24. The van der Waals surface area contributed by atoms with Crippen LogP contribution in [0, 0.1) is 0 Å². The molecule has 0 aromatic heterocycles. The minimum absolute atomic E-state index is 0.0184. The van der Waals surface area contributed by atoms with Crippen molar-refractivity contribution in [3.63, 3.8) is 0 Å². The van der Waals surface area contributed by atoms with Crippen LogP contribution in [0.1, 0.15) is 12.8 Å². The molecular formula is C6H11N3O7S2. The van der Waals surface area contributed by atoms with Crippen molar-refractivity contribution in [3.05, 3.63) is 0 Å².